The molecule has 12 atom stereocenters. The molecule has 500 valence electrons. The van der Waals surface area contributed by atoms with Crippen molar-refractivity contribution in [2.24, 2.45) is 5.73 Å². The monoisotopic (exact) mass is 1280 g/mol. The summed E-state index contributed by atoms with van der Waals surface area (Å²) < 4.78 is 136. The van der Waals surface area contributed by atoms with Gasteiger partial charge in [0.05, 0.1) is 133 Å². The second-order valence-corrected chi connectivity index (χ2v) is 22.6. The van der Waals surface area contributed by atoms with E-state index in [1.807, 2.05) is 0 Å². The van der Waals surface area contributed by atoms with Crippen LogP contribution in [0.5, 0.6) is 0 Å². The molecule has 6 rings (SSSR count). The first kappa shape index (κ1) is 82.2. The van der Waals surface area contributed by atoms with Crippen LogP contribution in [-0.2, 0) is 66.4 Å². The van der Waals surface area contributed by atoms with E-state index >= 15 is 0 Å². The van der Waals surface area contributed by atoms with Gasteiger partial charge in [0.2, 0.25) is 0 Å². The first-order valence-electron chi connectivity index (χ1n) is 31.1. The SMILES string of the molecule is CCCCCCCCN.CCCCCCCCN[C@H]1CO[C@H]2[C@@H]1OC[C@H]2O.CCCCCCCCN[C@H]1CO[C@H]2[C@@H]1OC[C@H]2OCCOCCOCCO.O=S(=O)(O[C@@H]1CO[C@H]2[C@@H]1OC[C@H]2O)C(F)(F)F.OCCOCCOCCCl.[2H]CF.[H-].[Na+]. The van der Waals surface area contributed by atoms with Gasteiger partial charge in [0.1, 0.15) is 61.0 Å². The van der Waals surface area contributed by atoms with Crippen LogP contribution in [0.4, 0.5) is 17.6 Å². The van der Waals surface area contributed by atoms with Gasteiger partial charge in [-0.05, 0) is 38.9 Å². The van der Waals surface area contributed by atoms with E-state index in [1.54, 1.807) is 0 Å². The molecular weight excluding hydrogens is 1170 g/mol. The summed E-state index contributed by atoms with van der Waals surface area (Å²) in [4.78, 5) is 0. The van der Waals surface area contributed by atoms with Crippen molar-refractivity contribution in [2.75, 3.05) is 145 Å². The molecule has 6 aliphatic rings. The minimum Gasteiger partial charge on any atom is -1.00 e. The van der Waals surface area contributed by atoms with Crippen LogP contribution in [0.3, 0.4) is 0 Å². The Hall–Kier alpha value is 0.200. The molecular formula is C56H111ClF4N3NaO18S. The van der Waals surface area contributed by atoms with Gasteiger partial charge < -0.3 is 90.3 Å². The van der Waals surface area contributed by atoms with Crippen LogP contribution in [0.15, 0.2) is 0 Å². The quantitative estimate of drug-likeness (QED) is 0.0116. The first-order valence-corrected chi connectivity index (χ1v) is 32.4. The zero-order chi connectivity index (χ0) is 62.1. The fraction of sp³-hybridized carbons (Fsp3) is 1.00. The van der Waals surface area contributed by atoms with Crippen molar-refractivity contribution in [3.8, 4) is 0 Å². The molecule has 84 heavy (non-hydrogen) atoms. The van der Waals surface area contributed by atoms with Crippen molar-refractivity contribution in [1.29, 1.82) is 0 Å². The maximum atomic E-state index is 12.1. The van der Waals surface area contributed by atoms with Crippen LogP contribution < -0.4 is 45.9 Å². The average molecular weight is 1280 g/mol. The van der Waals surface area contributed by atoms with Crippen LogP contribution >= 0.6 is 11.6 Å². The minimum atomic E-state index is -5.68. The molecule has 6 fully saturated rings. The number of ether oxygens (including phenoxy) is 11. The Morgan fingerprint density at radius 2 is 0.905 bits per heavy atom. The number of nitrogens with two attached hydrogens (primary N) is 1. The zero-order valence-electron chi connectivity index (χ0n) is 53.1. The molecule has 0 spiro atoms. The number of alkyl halides is 5. The van der Waals surface area contributed by atoms with Crippen LogP contribution in [-0.4, -0.2) is 252 Å². The molecule has 8 N–H and O–H groups in total. The number of hydrogen-bond acceptors (Lipinski definition) is 21. The number of unbranched alkanes of at least 4 members (excludes halogenated alkanes) is 15. The van der Waals surface area contributed by atoms with Gasteiger partial charge in [-0.15, -0.1) is 11.6 Å². The van der Waals surface area contributed by atoms with E-state index in [0.717, 1.165) is 19.6 Å². The number of hydrogen-bond donors (Lipinski definition) is 7. The van der Waals surface area contributed by atoms with E-state index in [1.165, 1.54) is 116 Å². The summed E-state index contributed by atoms with van der Waals surface area (Å²) in [6.45, 7) is 16.1. The Balaban J connectivity index is 0. The van der Waals surface area contributed by atoms with Gasteiger partial charge in [0, 0.05) is 5.88 Å². The van der Waals surface area contributed by atoms with Gasteiger partial charge in [0.25, 0.3) is 0 Å². The average Bonchev–Trinajstić information content (AvgIpc) is 2.14. The van der Waals surface area contributed by atoms with Crippen LogP contribution in [0, 0.1) is 0 Å². The van der Waals surface area contributed by atoms with Gasteiger partial charge in [-0.3, -0.25) is 8.57 Å². The molecule has 6 saturated heterocycles. The smallest absolute Gasteiger partial charge is 1.00 e. The van der Waals surface area contributed by atoms with E-state index in [4.69, 9.17) is 81.0 Å². The third-order valence-electron chi connectivity index (χ3n) is 14.0. The van der Waals surface area contributed by atoms with Crippen LogP contribution in [0.1, 0.15) is 139 Å². The number of rotatable bonds is 40. The van der Waals surface area contributed by atoms with Crippen molar-refractivity contribution in [1.82, 2.24) is 10.6 Å². The molecule has 0 aromatic carbocycles. The van der Waals surface area contributed by atoms with E-state index in [2.05, 4.69) is 35.6 Å². The van der Waals surface area contributed by atoms with E-state index < -0.39 is 53.3 Å². The van der Waals surface area contributed by atoms with Gasteiger partial charge >= 0.3 is 45.2 Å². The van der Waals surface area contributed by atoms with E-state index in [-0.39, 0.29) is 100 Å². The summed E-state index contributed by atoms with van der Waals surface area (Å²) in [5.41, 5.74) is -0.141. The summed E-state index contributed by atoms with van der Waals surface area (Å²) in [7, 11) is -6.68. The standard InChI is InChI=1S/C20H39NO6.C14H27NO3.C8H19N.C7H9F3O6S.C6H13ClO3.CH3F.Na.H/c1-2-3-4-5-6-7-8-21-17-15-26-20-18(16-27-19(17)20)25-14-13-24-12-11-23-10-9-22;1-2-3-4-5-6-7-8-15-11-9-17-14-12(16)10-18-13(11)14;1-2-3-4-5-6-7-8-9;8-7(9,10)17(12,13)16-4-2-15-5-3(11)1-14-6(4)5;7-1-3-9-5-6-10-4-2-8;1-2;;/h17-22H,2-16H2,1H3;11-16H,2-10H2,1H3;2-9H2,1H3;3-6,11H,1-2H2;8H,1-6H2;1H3;;/q;;;;;;+1;-1/t17-,18+,19+,20+;11-,12+,13+,14+;;3-,4-,5-,6-;;;;/m00.1..../s1/i;;;;;1D;;. The van der Waals surface area contributed by atoms with Crippen molar-refractivity contribution in [3.63, 3.8) is 0 Å². The molecule has 0 aromatic heterocycles. The summed E-state index contributed by atoms with van der Waals surface area (Å²) in [5.74, 6) is 0.514. The molecule has 0 unspecified atom stereocenters. The molecule has 28 heteroatoms. The molecule has 0 amide bonds. The number of fused-ring (bicyclic) bond motifs is 3. The second-order valence-electron chi connectivity index (χ2n) is 20.7. The van der Waals surface area contributed by atoms with Crippen molar-refractivity contribution >= 4 is 21.7 Å². The van der Waals surface area contributed by atoms with E-state index in [9.17, 15) is 36.2 Å². The van der Waals surface area contributed by atoms with Gasteiger partial charge in [-0.2, -0.15) is 21.6 Å². The Labute approximate surface area is 530 Å². The van der Waals surface area contributed by atoms with Gasteiger partial charge in [-0.1, -0.05) is 117 Å². The topological polar surface area (TPSA) is 276 Å². The Bertz CT molecular complexity index is 1600. The molecule has 0 bridgehead atoms. The third-order valence-corrected chi connectivity index (χ3v) is 15.2. The molecule has 21 nitrogen and oxygen atoms in total. The normalized spacial score (nSPS) is 26.6. The van der Waals surface area contributed by atoms with Crippen LogP contribution in [0.2, 0.25) is 0 Å². The van der Waals surface area contributed by atoms with E-state index in [0.29, 0.717) is 91.8 Å². The maximum Gasteiger partial charge on any atom is 1.00 e. The molecule has 0 saturated carbocycles. The predicted octanol–water partition coefficient (Wildman–Crippen LogP) is 2.62. The number of halogens is 5. The number of aliphatic hydroxyl groups is 4. The molecule has 0 aromatic rings. The van der Waals surface area contributed by atoms with Gasteiger partial charge in [0.15, 0.2) is 0 Å². The number of aliphatic hydroxyl groups excluding tert-OH is 4. The maximum absolute atomic E-state index is 12.1. The molecule has 0 radical (unpaired) electrons. The van der Waals surface area contributed by atoms with Crippen LogP contribution in [0.25, 0.3) is 0 Å². The Morgan fingerprint density at radius 1 is 0.548 bits per heavy atom. The molecule has 6 heterocycles. The largest absolute Gasteiger partial charge is 1.00 e. The fourth-order valence-electron chi connectivity index (χ4n) is 9.58. The molecule has 6 aliphatic heterocycles. The van der Waals surface area contributed by atoms with Crippen molar-refractivity contribution < 1.29 is 135 Å². The number of nitrogens with one attached hydrogen (secondary N) is 2. The van der Waals surface area contributed by atoms with Crippen molar-refractivity contribution in [2.45, 2.75) is 215 Å². The predicted molar refractivity (Wildman–Crippen MR) is 309 cm³/mol. The Kier molecular flexibility index (Phi) is 53.7. The fourth-order valence-corrected chi connectivity index (χ4v) is 10.3. The molecule has 0 aliphatic carbocycles. The summed E-state index contributed by atoms with van der Waals surface area (Å²) in [5, 5.41) is 42.9. The minimum absolute atomic E-state index is 0. The third kappa shape index (κ3) is 36.9. The van der Waals surface area contributed by atoms with Crippen molar-refractivity contribution in [3.05, 3.63) is 0 Å². The second kappa shape index (κ2) is 54.9. The zero-order valence-corrected chi connectivity index (χ0v) is 54.7. The summed E-state index contributed by atoms with van der Waals surface area (Å²) in [6, 6.07) is 0.543. The first-order chi connectivity index (χ1) is 40.7. The summed E-state index contributed by atoms with van der Waals surface area (Å²) in [6.07, 6.45) is 19.2. The summed E-state index contributed by atoms with van der Waals surface area (Å²) >= 11 is 5.34. The van der Waals surface area contributed by atoms with Gasteiger partial charge in [-0.25, -0.2) is 0 Å². The Morgan fingerprint density at radius 3 is 1.38 bits per heavy atom.